The zero-order valence-corrected chi connectivity index (χ0v) is 5.10. The number of nitrogens with one attached hydrogen (secondary N) is 1. The van der Waals surface area contributed by atoms with Gasteiger partial charge in [0.15, 0.2) is 0 Å². The van der Waals surface area contributed by atoms with Crippen molar-refractivity contribution in [3.8, 4) is 0 Å². The molecule has 0 aromatic rings. The van der Waals surface area contributed by atoms with Gasteiger partial charge in [-0.15, -0.1) is 0 Å². The first-order valence-electron chi connectivity index (χ1n) is 2.17. The van der Waals surface area contributed by atoms with Crippen molar-refractivity contribution < 1.29 is 5.11 Å². The number of hydrogen-bond acceptors (Lipinski definition) is 3. The second kappa shape index (κ2) is 9.30. The first-order chi connectivity index (χ1) is 3.15. The van der Waals surface area contributed by atoms with Crippen LogP contribution < -0.4 is 11.1 Å². The minimum Gasteiger partial charge on any atom is -0.379 e. The quantitative estimate of drug-likeness (QED) is 0.351. The van der Waals surface area contributed by atoms with Crippen LogP contribution in [0.4, 0.5) is 0 Å². The summed E-state index contributed by atoms with van der Waals surface area (Å²) in [5.74, 6) is 0. The van der Waals surface area contributed by atoms with Gasteiger partial charge in [0.1, 0.15) is 0 Å². The van der Waals surface area contributed by atoms with E-state index < -0.39 is 6.23 Å². The highest BCUT2D eigenvalue weighted by atomic mass is 16.3. The fourth-order valence-corrected chi connectivity index (χ4v) is 0. The standard InChI is InChI=1S/C2H7NO.C2H7N/c1-2(3)4;1-3-2/h2,4H,3H2,1H3;3H,1-2H3. The molecule has 0 saturated carbocycles. The van der Waals surface area contributed by atoms with Crippen LogP contribution in [0.25, 0.3) is 0 Å². The van der Waals surface area contributed by atoms with E-state index in [0.717, 1.165) is 0 Å². The summed E-state index contributed by atoms with van der Waals surface area (Å²) in [6, 6.07) is 0. The van der Waals surface area contributed by atoms with Crippen LogP contribution in [0.15, 0.2) is 0 Å². The van der Waals surface area contributed by atoms with Crippen molar-refractivity contribution in [1.29, 1.82) is 0 Å². The molecule has 0 aromatic carbocycles. The summed E-state index contributed by atoms with van der Waals surface area (Å²) < 4.78 is 0. The average Bonchev–Trinajstić information content (AvgIpc) is 1.33. The van der Waals surface area contributed by atoms with E-state index in [0.29, 0.717) is 0 Å². The van der Waals surface area contributed by atoms with Crippen molar-refractivity contribution in [2.75, 3.05) is 14.1 Å². The molecule has 1 unspecified atom stereocenters. The molecule has 0 aliphatic heterocycles. The fraction of sp³-hybridized carbons (Fsp3) is 1.00. The van der Waals surface area contributed by atoms with Gasteiger partial charge >= 0.3 is 0 Å². The van der Waals surface area contributed by atoms with Gasteiger partial charge in [-0.25, -0.2) is 0 Å². The van der Waals surface area contributed by atoms with Crippen LogP contribution in [0.5, 0.6) is 0 Å². The number of aliphatic hydroxyl groups excluding tert-OH is 1. The van der Waals surface area contributed by atoms with E-state index in [1.807, 2.05) is 14.1 Å². The maximum atomic E-state index is 7.83. The molecule has 0 saturated heterocycles. The first kappa shape index (κ1) is 9.99. The number of aliphatic hydroxyl groups is 1. The Morgan fingerprint density at radius 3 is 1.57 bits per heavy atom. The van der Waals surface area contributed by atoms with E-state index in [2.05, 4.69) is 11.1 Å². The van der Waals surface area contributed by atoms with Crippen molar-refractivity contribution in [2.45, 2.75) is 13.2 Å². The lowest BCUT2D eigenvalue weighted by atomic mass is 10.7. The normalized spacial score (nSPS) is 11.6. The summed E-state index contributed by atoms with van der Waals surface area (Å²) in [7, 11) is 3.75. The largest absolute Gasteiger partial charge is 0.379 e. The molecule has 0 amide bonds. The molecule has 4 N–H and O–H groups in total. The van der Waals surface area contributed by atoms with E-state index in [1.165, 1.54) is 6.92 Å². The van der Waals surface area contributed by atoms with E-state index in [4.69, 9.17) is 5.11 Å². The summed E-state index contributed by atoms with van der Waals surface area (Å²) in [6.45, 7) is 1.50. The van der Waals surface area contributed by atoms with Crippen molar-refractivity contribution >= 4 is 0 Å². The Bertz CT molecular complexity index is 20.9. The van der Waals surface area contributed by atoms with Crippen LogP contribution >= 0.6 is 0 Å². The highest BCUT2D eigenvalue weighted by Gasteiger charge is 1.68. The third-order valence-corrected chi connectivity index (χ3v) is 0. The summed E-state index contributed by atoms with van der Waals surface area (Å²) in [5.41, 5.74) is 4.67. The van der Waals surface area contributed by atoms with Crippen molar-refractivity contribution in [3.05, 3.63) is 0 Å². The Balaban J connectivity index is 0. The number of rotatable bonds is 0. The molecule has 3 heteroatoms. The molecule has 0 aliphatic carbocycles. The predicted octanol–water partition coefficient (Wildman–Crippen LogP) is -0.881. The van der Waals surface area contributed by atoms with Gasteiger partial charge in [0.05, 0.1) is 6.23 Å². The van der Waals surface area contributed by atoms with Crippen LogP contribution in [-0.2, 0) is 0 Å². The average molecular weight is 106 g/mol. The van der Waals surface area contributed by atoms with Gasteiger partial charge in [0.2, 0.25) is 0 Å². The topological polar surface area (TPSA) is 58.3 Å². The molecule has 0 bridgehead atoms. The van der Waals surface area contributed by atoms with Gasteiger partial charge in [-0.05, 0) is 21.0 Å². The Hall–Kier alpha value is -0.120. The second-order valence-electron chi connectivity index (χ2n) is 1.24. The molecule has 0 rings (SSSR count). The monoisotopic (exact) mass is 106 g/mol. The fourth-order valence-electron chi connectivity index (χ4n) is 0. The highest BCUT2D eigenvalue weighted by Crippen LogP contribution is 1.50. The first-order valence-corrected chi connectivity index (χ1v) is 2.17. The molecule has 7 heavy (non-hydrogen) atoms. The zero-order chi connectivity index (χ0) is 6.28. The minimum absolute atomic E-state index is 0.667. The van der Waals surface area contributed by atoms with Crippen LogP contribution in [0.3, 0.4) is 0 Å². The summed E-state index contributed by atoms with van der Waals surface area (Å²) >= 11 is 0. The second-order valence-corrected chi connectivity index (χ2v) is 1.24. The summed E-state index contributed by atoms with van der Waals surface area (Å²) in [6.07, 6.45) is -0.667. The third-order valence-electron chi connectivity index (χ3n) is 0. The molecular formula is C4H14N2O. The highest BCUT2D eigenvalue weighted by molar-refractivity contribution is 4.16. The maximum absolute atomic E-state index is 7.83. The third kappa shape index (κ3) is 6150. The Kier molecular flexibility index (Phi) is 13.3. The maximum Gasteiger partial charge on any atom is 0.0991 e. The minimum atomic E-state index is -0.667. The van der Waals surface area contributed by atoms with Crippen LogP contribution in [0.1, 0.15) is 6.92 Å². The molecule has 0 aliphatic rings. The van der Waals surface area contributed by atoms with Crippen LogP contribution in [-0.4, -0.2) is 25.4 Å². The SMILES string of the molecule is CC(N)O.CNC. The molecule has 0 heterocycles. The summed E-state index contributed by atoms with van der Waals surface area (Å²) in [5, 5.41) is 10.6. The van der Waals surface area contributed by atoms with Gasteiger partial charge in [-0.1, -0.05) is 0 Å². The Morgan fingerprint density at radius 2 is 1.57 bits per heavy atom. The van der Waals surface area contributed by atoms with Gasteiger partial charge in [0.25, 0.3) is 0 Å². The molecule has 0 fully saturated rings. The Labute approximate surface area is 44.5 Å². The predicted molar refractivity (Wildman–Crippen MR) is 30.9 cm³/mol. The van der Waals surface area contributed by atoms with Gasteiger partial charge in [-0.2, -0.15) is 0 Å². The number of hydrogen-bond donors (Lipinski definition) is 3. The van der Waals surface area contributed by atoms with Gasteiger partial charge in [-0.3, -0.25) is 0 Å². The molecule has 3 nitrogen and oxygen atoms in total. The van der Waals surface area contributed by atoms with E-state index in [9.17, 15) is 0 Å². The smallest absolute Gasteiger partial charge is 0.0991 e. The van der Waals surface area contributed by atoms with E-state index in [1.54, 1.807) is 0 Å². The van der Waals surface area contributed by atoms with E-state index >= 15 is 0 Å². The Morgan fingerprint density at radius 1 is 1.57 bits per heavy atom. The molecule has 0 spiro atoms. The van der Waals surface area contributed by atoms with Gasteiger partial charge < -0.3 is 16.2 Å². The lowest BCUT2D eigenvalue weighted by molar-refractivity contribution is 0.203. The molecule has 1 atom stereocenters. The molecule has 0 radical (unpaired) electrons. The van der Waals surface area contributed by atoms with Crippen molar-refractivity contribution in [1.82, 2.24) is 5.32 Å². The summed E-state index contributed by atoms with van der Waals surface area (Å²) in [4.78, 5) is 0. The van der Waals surface area contributed by atoms with Crippen LogP contribution in [0, 0.1) is 0 Å². The number of nitrogens with two attached hydrogens (primary N) is 1. The molecular weight excluding hydrogens is 92.1 g/mol. The lowest BCUT2D eigenvalue weighted by Gasteiger charge is -1.82. The lowest BCUT2D eigenvalue weighted by Crippen LogP contribution is -2.11. The molecule has 0 aromatic heterocycles. The van der Waals surface area contributed by atoms with Crippen molar-refractivity contribution in [3.63, 3.8) is 0 Å². The van der Waals surface area contributed by atoms with Gasteiger partial charge in [0, 0.05) is 0 Å². The van der Waals surface area contributed by atoms with Crippen LogP contribution in [0.2, 0.25) is 0 Å². The van der Waals surface area contributed by atoms with Crippen molar-refractivity contribution in [2.24, 2.45) is 5.73 Å². The zero-order valence-electron chi connectivity index (χ0n) is 5.10. The molecule has 46 valence electrons. The van der Waals surface area contributed by atoms with E-state index in [-0.39, 0.29) is 0 Å².